The van der Waals surface area contributed by atoms with E-state index in [9.17, 15) is 8.78 Å². The van der Waals surface area contributed by atoms with Gasteiger partial charge < -0.3 is 49.0 Å². The molecule has 0 aromatic rings. The number of rotatable bonds is 39. The number of hydrogen-bond acceptors (Lipinski definition) is 10. The molecule has 10 nitrogen and oxygen atoms in total. The van der Waals surface area contributed by atoms with E-state index in [-0.39, 0.29) is 93.2 Å². The minimum absolute atomic E-state index is 0. The van der Waals surface area contributed by atoms with Crippen LogP contribution in [-0.2, 0) is 0 Å². The minimum Gasteiger partial charge on any atom is -0.309 e. The van der Waals surface area contributed by atoms with Crippen LogP contribution in [0.2, 0.25) is 0 Å². The molecular weight excluding hydrogens is 1300 g/mol. The maximum Gasteiger partial charge on any atom is 0.260 e. The highest BCUT2D eigenvalue weighted by molar-refractivity contribution is 4.80. The highest BCUT2D eigenvalue weighted by Crippen LogP contribution is 2.24. The molecule has 105 heavy (non-hydrogen) atoms. The number of alkyl halides is 2. The standard InChI is InChI=1S/C11H25N.C10H23N.C9H21N.C8H17F2N.4C8H19N.C7H17N.C6H15N.10CH4/c1-11(2)9-7-5-6-8-10-12(3)4;1-10(2)8-6-5-7-9-11(3)4;1-9(2)7-5-6-8-10(3)4;1-7(2)5-8(9,10)6-11(3)4;1-7(2)8(3)6-9(4)5;1-7(2)8(3,4)9(5)6;1-7(2)6-8(3)9(4)5;1-8(2)6-5-7-9(3)4;1-7(2)5-6-8(3)4;1-6(2)5-7(3)4;;;;;;;;;;/h11H,5-10H2,1-4H3;10H,5-9H2,1-4H3;9H,5-8H2,1-4H3;7H,5-6H2,1-4H3;7-8H,6H2,1-5H3;7H,1-6H3;7-8H,6H2,1-5H3;8H,5-7H2,1-4H3;7H,5-6H2,1-4H3;6H,5H2,1-4H3;10*1H4. The first-order chi connectivity index (χ1) is 43.0. The Morgan fingerprint density at radius 2 is 0.533 bits per heavy atom. The zero-order valence-corrected chi connectivity index (χ0v) is 74.8. The molecule has 0 N–H and O–H groups in total. The molecule has 0 aromatic heterocycles. The largest absolute Gasteiger partial charge is 0.309 e. The molecule has 0 rings (SSSR count). The molecule has 670 valence electrons. The van der Waals surface area contributed by atoms with Gasteiger partial charge in [-0.25, -0.2) is 8.78 Å². The van der Waals surface area contributed by atoms with Crippen molar-refractivity contribution < 1.29 is 8.78 Å². The molecule has 0 aliphatic heterocycles. The van der Waals surface area contributed by atoms with E-state index in [2.05, 4.69) is 323 Å². The van der Waals surface area contributed by atoms with E-state index in [1.165, 1.54) is 153 Å². The molecule has 12 heteroatoms. The van der Waals surface area contributed by atoms with E-state index in [0.717, 1.165) is 59.3 Å². The topological polar surface area (TPSA) is 32.4 Å². The first-order valence-corrected chi connectivity index (χ1v) is 38.9. The molecule has 0 heterocycles. The zero-order chi connectivity index (χ0) is 77.4. The van der Waals surface area contributed by atoms with Crippen molar-refractivity contribution in [3.8, 4) is 0 Å². The highest BCUT2D eigenvalue weighted by Gasteiger charge is 2.30. The molecule has 0 amide bonds. The SMILES string of the molecule is C.C.C.C.C.C.C.C.C.C.CC(C)C(C)(C)N(C)C.CC(C)C(C)CN(C)C.CC(C)CC(C)N(C)C.CC(C)CC(F)(F)CN(C)C.CC(C)CCCCCCN(C)C.CC(C)CCCCCN(C)C.CC(C)CCCCN(C)C.CC(C)CCCN(C)C.CC(C)CCN(C)C.CC(C)CN(C)C. The van der Waals surface area contributed by atoms with Gasteiger partial charge in [-0.3, -0.25) is 0 Å². The van der Waals surface area contributed by atoms with Gasteiger partial charge in [0.05, 0.1) is 6.54 Å². The van der Waals surface area contributed by atoms with E-state index >= 15 is 0 Å². The van der Waals surface area contributed by atoms with Crippen molar-refractivity contribution >= 4 is 0 Å². The second kappa shape index (κ2) is 103. The van der Waals surface area contributed by atoms with E-state index in [1.807, 2.05) is 13.8 Å². The summed E-state index contributed by atoms with van der Waals surface area (Å²) < 4.78 is 25.8. The summed E-state index contributed by atoms with van der Waals surface area (Å²) in [4.78, 5) is 21.7. The maximum absolute atomic E-state index is 12.9. The Bertz CT molecular complexity index is 1300. The lowest BCUT2D eigenvalue weighted by Gasteiger charge is -2.36. The fourth-order valence-corrected chi connectivity index (χ4v) is 8.86. The van der Waals surface area contributed by atoms with Crippen molar-refractivity contribution in [3.63, 3.8) is 0 Å². The maximum atomic E-state index is 12.9. The molecule has 0 aliphatic rings. The average molecular weight is 1530 g/mol. The van der Waals surface area contributed by atoms with Gasteiger partial charge in [0, 0.05) is 24.5 Å². The van der Waals surface area contributed by atoms with Gasteiger partial charge in [-0.05, 0) is 311 Å². The molecule has 2 atom stereocenters. The monoisotopic (exact) mass is 1530 g/mol. The summed E-state index contributed by atoms with van der Waals surface area (Å²) in [6.07, 6.45) is 22.0. The Morgan fingerprint density at radius 3 is 0.705 bits per heavy atom. The van der Waals surface area contributed by atoms with E-state index < -0.39 is 5.92 Å². The molecular formula is C93H234F2N10. The Hall–Kier alpha value is -0.540. The Kier molecular flexibility index (Phi) is 154. The van der Waals surface area contributed by atoms with Crippen LogP contribution in [0.4, 0.5) is 8.78 Å². The van der Waals surface area contributed by atoms with Gasteiger partial charge in [-0.2, -0.15) is 0 Å². The summed E-state index contributed by atoms with van der Waals surface area (Å²) in [5.41, 5.74) is 0.333. The summed E-state index contributed by atoms with van der Waals surface area (Å²) in [5, 5.41) is 0. The predicted molar refractivity (Wildman–Crippen MR) is 508 cm³/mol. The summed E-state index contributed by atoms with van der Waals surface area (Å²) in [6, 6.07) is 0.727. The lowest BCUT2D eigenvalue weighted by molar-refractivity contribution is -0.0387. The van der Waals surface area contributed by atoms with Gasteiger partial charge in [0.25, 0.3) is 5.92 Å². The lowest BCUT2D eigenvalue weighted by Crippen LogP contribution is -2.42. The fraction of sp³-hybridized carbons (Fsp3) is 1.00. The summed E-state index contributed by atoms with van der Waals surface area (Å²) in [7, 11) is 41.6. The molecule has 2 unspecified atom stereocenters. The van der Waals surface area contributed by atoms with E-state index in [0.29, 0.717) is 11.5 Å². The molecule has 0 bridgehead atoms. The third kappa shape index (κ3) is 182. The molecule has 0 saturated carbocycles. The highest BCUT2D eigenvalue weighted by atomic mass is 19.3. The summed E-state index contributed by atoms with van der Waals surface area (Å²) in [5.74, 6) is 5.86. The van der Waals surface area contributed by atoms with Crippen LogP contribution in [0.1, 0.15) is 350 Å². The van der Waals surface area contributed by atoms with Crippen LogP contribution in [0, 0.1) is 65.1 Å². The van der Waals surface area contributed by atoms with Gasteiger partial charge >= 0.3 is 0 Å². The number of unbranched alkanes of at least 4 members (excludes halogenated alkanes) is 6. The van der Waals surface area contributed by atoms with Crippen LogP contribution < -0.4 is 0 Å². The lowest BCUT2D eigenvalue weighted by atomic mass is 9.90. The normalized spacial score (nSPS) is 11.3. The van der Waals surface area contributed by atoms with Crippen LogP contribution in [0.5, 0.6) is 0 Å². The molecule has 0 saturated heterocycles. The molecule has 0 radical (unpaired) electrons. The van der Waals surface area contributed by atoms with Crippen LogP contribution in [0.3, 0.4) is 0 Å². The smallest absolute Gasteiger partial charge is 0.260 e. The van der Waals surface area contributed by atoms with Gasteiger partial charge in [0.1, 0.15) is 0 Å². The Balaban J connectivity index is -0.0000000421. The van der Waals surface area contributed by atoms with E-state index in [4.69, 9.17) is 0 Å². The van der Waals surface area contributed by atoms with Gasteiger partial charge in [0.15, 0.2) is 0 Å². The number of hydrogen-bond donors (Lipinski definition) is 0. The predicted octanol–water partition coefficient (Wildman–Crippen LogP) is 27.5. The number of nitrogens with zero attached hydrogens (tertiary/aromatic N) is 10. The number of halogens is 2. The third-order valence-electron chi connectivity index (χ3n) is 16.2. The van der Waals surface area contributed by atoms with Crippen molar-refractivity contribution in [1.82, 2.24) is 49.0 Å². The van der Waals surface area contributed by atoms with Crippen molar-refractivity contribution in [3.05, 3.63) is 0 Å². The van der Waals surface area contributed by atoms with Crippen molar-refractivity contribution in [1.29, 1.82) is 0 Å². The van der Waals surface area contributed by atoms with Crippen LogP contribution in [0.25, 0.3) is 0 Å². The van der Waals surface area contributed by atoms with Crippen LogP contribution in [0.15, 0.2) is 0 Å². The second-order valence-electron chi connectivity index (χ2n) is 35.4. The molecule has 0 spiro atoms. The second-order valence-corrected chi connectivity index (χ2v) is 35.4. The first-order valence-electron chi connectivity index (χ1n) is 38.9. The van der Waals surface area contributed by atoms with Gasteiger partial charge in [-0.15, -0.1) is 0 Å². The minimum atomic E-state index is -2.53. The van der Waals surface area contributed by atoms with Crippen molar-refractivity contribution in [2.75, 3.05) is 193 Å². The van der Waals surface area contributed by atoms with Crippen molar-refractivity contribution in [2.24, 2.45) is 65.1 Å². The Labute approximate surface area is 679 Å². The van der Waals surface area contributed by atoms with E-state index in [1.54, 1.807) is 14.1 Å². The quantitative estimate of drug-likeness (QED) is 0.0555. The van der Waals surface area contributed by atoms with Crippen molar-refractivity contribution in [2.45, 2.75) is 367 Å². The molecule has 0 aromatic carbocycles. The fourth-order valence-electron chi connectivity index (χ4n) is 8.86. The molecule has 0 fully saturated rings. The summed E-state index contributed by atoms with van der Waals surface area (Å²) >= 11 is 0. The Morgan fingerprint density at radius 1 is 0.267 bits per heavy atom. The van der Waals surface area contributed by atoms with Crippen LogP contribution in [-0.4, -0.2) is 260 Å². The van der Waals surface area contributed by atoms with Crippen LogP contribution >= 0.6 is 0 Å². The van der Waals surface area contributed by atoms with Gasteiger partial charge in [0.2, 0.25) is 0 Å². The molecule has 0 aliphatic carbocycles. The third-order valence-corrected chi connectivity index (χ3v) is 16.2. The summed E-state index contributed by atoms with van der Waals surface area (Å²) in [6.45, 7) is 62.0. The first kappa shape index (κ1) is 157. The zero-order valence-electron chi connectivity index (χ0n) is 74.8. The average Bonchev–Trinajstić information content (AvgIpc) is 0.890. The van der Waals surface area contributed by atoms with Gasteiger partial charge in [-0.1, -0.05) is 277 Å².